The SMILES string of the molecule is CC1=C(C)C(OC(=O)c2ccc([N+](=O)[O-])cc2)OC1=O. The van der Waals surface area contributed by atoms with Crippen LogP contribution in [0.1, 0.15) is 24.2 Å². The lowest BCUT2D eigenvalue weighted by Gasteiger charge is -2.12. The van der Waals surface area contributed by atoms with Crippen LogP contribution < -0.4 is 0 Å². The molecule has 0 aromatic heterocycles. The summed E-state index contributed by atoms with van der Waals surface area (Å²) < 4.78 is 9.92. The summed E-state index contributed by atoms with van der Waals surface area (Å²) in [4.78, 5) is 33.1. The number of nitrogens with zero attached hydrogens (tertiary/aromatic N) is 1. The zero-order valence-electron chi connectivity index (χ0n) is 10.8. The van der Waals surface area contributed by atoms with E-state index in [0.717, 1.165) is 0 Å². The third kappa shape index (κ3) is 2.51. The van der Waals surface area contributed by atoms with Crippen molar-refractivity contribution in [2.45, 2.75) is 20.1 Å². The molecular formula is C13H11NO6. The van der Waals surface area contributed by atoms with Crippen LogP contribution in [0.25, 0.3) is 0 Å². The molecule has 0 fully saturated rings. The van der Waals surface area contributed by atoms with Crippen LogP contribution in [0, 0.1) is 10.1 Å². The van der Waals surface area contributed by atoms with Gasteiger partial charge in [0.05, 0.1) is 10.5 Å². The lowest BCUT2D eigenvalue weighted by Crippen LogP contribution is -2.20. The fourth-order valence-electron chi connectivity index (χ4n) is 1.61. The summed E-state index contributed by atoms with van der Waals surface area (Å²) >= 11 is 0. The van der Waals surface area contributed by atoms with Gasteiger partial charge in [0.1, 0.15) is 0 Å². The number of cyclic esters (lactones) is 1. The fraction of sp³-hybridized carbons (Fsp3) is 0.231. The molecule has 7 heteroatoms. The minimum Gasteiger partial charge on any atom is -0.418 e. The average molecular weight is 277 g/mol. The molecule has 0 N–H and O–H groups in total. The molecule has 0 amide bonds. The summed E-state index contributed by atoms with van der Waals surface area (Å²) in [5.41, 5.74) is 0.960. The Morgan fingerprint density at radius 3 is 2.35 bits per heavy atom. The van der Waals surface area contributed by atoms with E-state index in [9.17, 15) is 19.7 Å². The maximum Gasteiger partial charge on any atom is 0.341 e. The van der Waals surface area contributed by atoms with E-state index in [0.29, 0.717) is 11.1 Å². The van der Waals surface area contributed by atoms with E-state index in [2.05, 4.69) is 0 Å². The van der Waals surface area contributed by atoms with Crippen molar-refractivity contribution in [2.75, 3.05) is 0 Å². The number of ether oxygens (including phenoxy) is 2. The highest BCUT2D eigenvalue weighted by atomic mass is 16.7. The number of esters is 2. The average Bonchev–Trinajstić information content (AvgIpc) is 2.66. The third-order valence-electron chi connectivity index (χ3n) is 2.99. The van der Waals surface area contributed by atoms with Crippen LogP contribution in [0.2, 0.25) is 0 Å². The summed E-state index contributed by atoms with van der Waals surface area (Å²) in [7, 11) is 0. The molecule has 0 aliphatic carbocycles. The molecule has 0 saturated heterocycles. The minimum absolute atomic E-state index is 0.124. The predicted molar refractivity (Wildman–Crippen MR) is 66.8 cm³/mol. The van der Waals surface area contributed by atoms with Gasteiger partial charge in [-0.15, -0.1) is 0 Å². The Morgan fingerprint density at radius 1 is 1.30 bits per heavy atom. The molecular weight excluding hydrogens is 266 g/mol. The summed E-state index contributed by atoms with van der Waals surface area (Å²) in [6.07, 6.45) is -1.04. The van der Waals surface area contributed by atoms with Gasteiger partial charge < -0.3 is 9.47 Å². The molecule has 0 bridgehead atoms. The highest BCUT2D eigenvalue weighted by Crippen LogP contribution is 2.24. The number of non-ortho nitro benzene ring substituents is 1. The van der Waals surface area contributed by atoms with E-state index in [-0.39, 0.29) is 11.3 Å². The van der Waals surface area contributed by atoms with Gasteiger partial charge in [-0.05, 0) is 26.0 Å². The van der Waals surface area contributed by atoms with Crippen molar-refractivity contribution in [3.63, 3.8) is 0 Å². The number of nitro benzene ring substituents is 1. The van der Waals surface area contributed by atoms with Crippen molar-refractivity contribution in [3.8, 4) is 0 Å². The van der Waals surface area contributed by atoms with Gasteiger partial charge in [0.15, 0.2) is 0 Å². The predicted octanol–water partition coefficient (Wildman–Crippen LogP) is 1.97. The van der Waals surface area contributed by atoms with Crippen molar-refractivity contribution < 1.29 is 24.0 Å². The Bertz CT molecular complexity index is 616. The van der Waals surface area contributed by atoms with Gasteiger partial charge >= 0.3 is 11.9 Å². The molecule has 1 atom stereocenters. The molecule has 1 unspecified atom stereocenters. The molecule has 0 radical (unpaired) electrons. The first kappa shape index (κ1) is 13.7. The lowest BCUT2D eigenvalue weighted by molar-refractivity contribution is -0.384. The molecule has 0 saturated carbocycles. The molecule has 1 aliphatic heterocycles. The first-order chi connectivity index (χ1) is 9.40. The van der Waals surface area contributed by atoms with E-state index in [1.54, 1.807) is 13.8 Å². The van der Waals surface area contributed by atoms with Gasteiger partial charge in [-0.25, -0.2) is 9.59 Å². The molecule has 7 nitrogen and oxygen atoms in total. The lowest BCUT2D eigenvalue weighted by atomic mass is 10.2. The molecule has 1 aromatic carbocycles. The molecule has 1 aliphatic rings. The van der Waals surface area contributed by atoms with Gasteiger partial charge in [-0.3, -0.25) is 10.1 Å². The number of nitro groups is 1. The largest absolute Gasteiger partial charge is 0.418 e. The van der Waals surface area contributed by atoms with Gasteiger partial charge in [-0.2, -0.15) is 0 Å². The van der Waals surface area contributed by atoms with Crippen LogP contribution in [-0.2, 0) is 14.3 Å². The van der Waals surface area contributed by atoms with Crippen LogP contribution in [0.4, 0.5) is 5.69 Å². The molecule has 1 aromatic rings. The highest BCUT2D eigenvalue weighted by Gasteiger charge is 2.31. The zero-order chi connectivity index (χ0) is 14.9. The number of carbonyl (C=O) groups excluding carboxylic acids is 2. The molecule has 1 heterocycles. The molecule has 20 heavy (non-hydrogen) atoms. The topological polar surface area (TPSA) is 95.7 Å². The maximum absolute atomic E-state index is 11.8. The van der Waals surface area contributed by atoms with Crippen LogP contribution in [0.15, 0.2) is 35.4 Å². The van der Waals surface area contributed by atoms with Crippen molar-refractivity contribution >= 4 is 17.6 Å². The molecule has 2 rings (SSSR count). The maximum atomic E-state index is 11.8. The van der Waals surface area contributed by atoms with Crippen LogP contribution in [0.3, 0.4) is 0 Å². The van der Waals surface area contributed by atoms with Gasteiger partial charge in [0.25, 0.3) is 12.0 Å². The number of rotatable bonds is 3. The zero-order valence-corrected chi connectivity index (χ0v) is 10.8. The first-order valence-corrected chi connectivity index (χ1v) is 5.74. The van der Waals surface area contributed by atoms with E-state index < -0.39 is 23.2 Å². The van der Waals surface area contributed by atoms with Gasteiger partial charge in [0, 0.05) is 23.3 Å². The number of hydrogen-bond acceptors (Lipinski definition) is 6. The fourth-order valence-corrected chi connectivity index (χ4v) is 1.61. The Morgan fingerprint density at radius 2 is 1.90 bits per heavy atom. The summed E-state index contributed by atoms with van der Waals surface area (Å²) in [5.74, 6) is -1.24. The van der Waals surface area contributed by atoms with Crippen molar-refractivity contribution in [2.24, 2.45) is 0 Å². The number of carbonyl (C=O) groups is 2. The minimum atomic E-state index is -1.04. The summed E-state index contributed by atoms with van der Waals surface area (Å²) in [6, 6.07) is 4.96. The van der Waals surface area contributed by atoms with Crippen molar-refractivity contribution in [1.82, 2.24) is 0 Å². The highest BCUT2D eigenvalue weighted by molar-refractivity contribution is 5.93. The van der Waals surface area contributed by atoms with Gasteiger partial charge in [-0.1, -0.05) is 0 Å². The Hall–Kier alpha value is -2.70. The Kier molecular flexibility index (Phi) is 3.51. The Labute approximate surface area is 113 Å². The van der Waals surface area contributed by atoms with E-state index in [4.69, 9.17) is 9.47 Å². The summed E-state index contributed by atoms with van der Waals surface area (Å²) in [6.45, 7) is 3.21. The Balaban J connectivity index is 2.10. The third-order valence-corrected chi connectivity index (χ3v) is 2.99. The molecule has 104 valence electrons. The van der Waals surface area contributed by atoms with Crippen molar-refractivity contribution in [1.29, 1.82) is 0 Å². The smallest absolute Gasteiger partial charge is 0.341 e. The van der Waals surface area contributed by atoms with Crippen LogP contribution in [-0.4, -0.2) is 23.2 Å². The second-order valence-electron chi connectivity index (χ2n) is 4.25. The van der Waals surface area contributed by atoms with Crippen LogP contribution in [0.5, 0.6) is 0 Å². The second-order valence-corrected chi connectivity index (χ2v) is 4.25. The standard InChI is InChI=1S/C13H11NO6/c1-7-8(2)13(19-11(7)15)20-12(16)9-3-5-10(6-4-9)14(17)18/h3-6,13H,1-2H3. The quantitative estimate of drug-likeness (QED) is 0.476. The first-order valence-electron chi connectivity index (χ1n) is 5.74. The summed E-state index contributed by atoms with van der Waals surface area (Å²) in [5, 5.41) is 10.5. The van der Waals surface area contributed by atoms with Gasteiger partial charge in [0.2, 0.25) is 0 Å². The van der Waals surface area contributed by atoms with E-state index >= 15 is 0 Å². The number of benzene rings is 1. The normalized spacial score (nSPS) is 17.9. The van der Waals surface area contributed by atoms with E-state index in [1.165, 1.54) is 24.3 Å². The van der Waals surface area contributed by atoms with E-state index in [1.807, 2.05) is 0 Å². The van der Waals surface area contributed by atoms with Crippen LogP contribution >= 0.6 is 0 Å². The second kappa shape index (κ2) is 5.12. The monoisotopic (exact) mass is 277 g/mol. The molecule has 0 spiro atoms. The van der Waals surface area contributed by atoms with Crippen molar-refractivity contribution in [3.05, 3.63) is 51.1 Å². The number of hydrogen-bond donors (Lipinski definition) is 0.